The quantitative estimate of drug-likeness (QED) is 0.740. The Hall–Kier alpha value is -1.67. The molecule has 7 nitrogen and oxygen atoms in total. The van der Waals surface area contributed by atoms with Crippen LogP contribution in [-0.4, -0.2) is 34.0 Å². The van der Waals surface area contributed by atoms with Crippen LogP contribution in [0.5, 0.6) is 0 Å². The van der Waals surface area contributed by atoms with Crippen LogP contribution in [0.25, 0.3) is 0 Å². The highest BCUT2D eigenvalue weighted by molar-refractivity contribution is 6.35. The van der Waals surface area contributed by atoms with Crippen molar-refractivity contribution in [3.8, 4) is 0 Å². The SMILES string of the molecule is CCCN(CC(=O)Nc1cc(Cl)ccc1Cl)Cc1noc(CN)n1. The number of halogens is 2. The predicted molar refractivity (Wildman–Crippen MR) is 92.8 cm³/mol. The summed E-state index contributed by atoms with van der Waals surface area (Å²) in [6, 6.07) is 4.91. The molecule has 0 atom stereocenters. The second kappa shape index (κ2) is 8.98. The van der Waals surface area contributed by atoms with Gasteiger partial charge >= 0.3 is 0 Å². The molecular weight excluding hydrogens is 353 g/mol. The third-order valence-electron chi connectivity index (χ3n) is 3.16. The van der Waals surface area contributed by atoms with Gasteiger partial charge in [0.25, 0.3) is 0 Å². The van der Waals surface area contributed by atoms with E-state index in [1.54, 1.807) is 18.2 Å². The molecule has 0 spiro atoms. The van der Waals surface area contributed by atoms with E-state index in [0.717, 1.165) is 6.42 Å². The van der Waals surface area contributed by atoms with Crippen LogP contribution in [0.15, 0.2) is 22.7 Å². The Labute approximate surface area is 150 Å². The van der Waals surface area contributed by atoms with E-state index in [1.807, 2.05) is 11.8 Å². The summed E-state index contributed by atoms with van der Waals surface area (Å²) in [6.45, 7) is 3.50. The summed E-state index contributed by atoms with van der Waals surface area (Å²) in [5.74, 6) is 0.671. The minimum atomic E-state index is -0.199. The highest BCUT2D eigenvalue weighted by atomic mass is 35.5. The third-order valence-corrected chi connectivity index (χ3v) is 3.72. The lowest BCUT2D eigenvalue weighted by Gasteiger charge is -2.19. The van der Waals surface area contributed by atoms with Gasteiger partial charge in [0.1, 0.15) is 0 Å². The molecule has 2 aromatic rings. The summed E-state index contributed by atoms with van der Waals surface area (Å²) in [6.07, 6.45) is 0.882. The average molecular weight is 372 g/mol. The number of aromatic nitrogens is 2. The lowest BCUT2D eigenvalue weighted by atomic mass is 10.3. The molecule has 0 aliphatic rings. The van der Waals surface area contributed by atoms with Crippen LogP contribution in [0.1, 0.15) is 25.1 Å². The molecule has 0 radical (unpaired) electrons. The summed E-state index contributed by atoms with van der Waals surface area (Å²) in [5.41, 5.74) is 5.93. The van der Waals surface area contributed by atoms with Gasteiger partial charge in [-0.05, 0) is 31.2 Å². The summed E-state index contributed by atoms with van der Waals surface area (Å²) in [7, 11) is 0. The lowest BCUT2D eigenvalue weighted by Crippen LogP contribution is -2.33. The van der Waals surface area contributed by atoms with Crippen molar-refractivity contribution < 1.29 is 9.32 Å². The molecule has 24 heavy (non-hydrogen) atoms. The van der Waals surface area contributed by atoms with E-state index in [0.29, 0.717) is 40.5 Å². The van der Waals surface area contributed by atoms with E-state index in [-0.39, 0.29) is 19.0 Å². The number of rotatable bonds is 8. The van der Waals surface area contributed by atoms with Crippen molar-refractivity contribution in [3.05, 3.63) is 40.0 Å². The molecule has 0 saturated carbocycles. The average Bonchev–Trinajstić information content (AvgIpc) is 2.98. The Morgan fingerprint density at radius 3 is 2.88 bits per heavy atom. The maximum atomic E-state index is 12.3. The largest absolute Gasteiger partial charge is 0.338 e. The zero-order valence-corrected chi connectivity index (χ0v) is 14.8. The van der Waals surface area contributed by atoms with Crippen LogP contribution in [0.2, 0.25) is 10.0 Å². The molecule has 1 aromatic heterocycles. The van der Waals surface area contributed by atoms with E-state index in [2.05, 4.69) is 15.5 Å². The fraction of sp³-hybridized carbons (Fsp3) is 0.400. The second-order valence-electron chi connectivity index (χ2n) is 5.19. The summed E-state index contributed by atoms with van der Waals surface area (Å²) in [4.78, 5) is 18.3. The molecule has 9 heteroatoms. The molecule has 1 aromatic carbocycles. The van der Waals surface area contributed by atoms with Crippen molar-refractivity contribution >= 4 is 34.8 Å². The normalized spacial score (nSPS) is 11.0. The van der Waals surface area contributed by atoms with Crippen LogP contribution >= 0.6 is 23.2 Å². The van der Waals surface area contributed by atoms with E-state index < -0.39 is 0 Å². The van der Waals surface area contributed by atoms with Crippen molar-refractivity contribution in [2.75, 3.05) is 18.4 Å². The zero-order chi connectivity index (χ0) is 17.5. The van der Waals surface area contributed by atoms with Gasteiger partial charge in [-0.3, -0.25) is 9.69 Å². The van der Waals surface area contributed by atoms with Gasteiger partial charge in [-0.15, -0.1) is 0 Å². The van der Waals surface area contributed by atoms with Crippen LogP contribution in [0, 0.1) is 0 Å². The summed E-state index contributed by atoms with van der Waals surface area (Å²) < 4.78 is 4.98. The molecule has 0 aliphatic carbocycles. The molecule has 0 bridgehead atoms. The first kappa shape index (κ1) is 18.7. The van der Waals surface area contributed by atoms with Crippen molar-refractivity contribution in [3.63, 3.8) is 0 Å². The zero-order valence-electron chi connectivity index (χ0n) is 13.3. The number of benzene rings is 1. The fourth-order valence-corrected chi connectivity index (χ4v) is 2.49. The first-order chi connectivity index (χ1) is 11.5. The standard InChI is InChI=1S/C15H19Cl2N5O2/c1-2-5-22(8-13-20-15(7-18)24-21-13)9-14(23)19-12-6-10(16)3-4-11(12)17/h3-4,6H,2,5,7-9,18H2,1H3,(H,19,23). The van der Waals surface area contributed by atoms with Crippen LogP contribution in [0.3, 0.4) is 0 Å². The number of amides is 1. The number of anilines is 1. The third kappa shape index (κ3) is 5.45. The molecule has 3 N–H and O–H groups in total. The Morgan fingerprint density at radius 2 is 2.21 bits per heavy atom. The molecule has 2 rings (SSSR count). The maximum Gasteiger partial charge on any atom is 0.240 e. The Bertz CT molecular complexity index is 692. The fourth-order valence-electron chi connectivity index (χ4n) is 2.15. The van der Waals surface area contributed by atoms with E-state index >= 15 is 0 Å². The van der Waals surface area contributed by atoms with Gasteiger partial charge in [0.2, 0.25) is 11.8 Å². The number of nitrogens with zero attached hydrogens (tertiary/aromatic N) is 3. The Balaban J connectivity index is 1.98. The van der Waals surface area contributed by atoms with Gasteiger partial charge in [0.05, 0.1) is 30.3 Å². The van der Waals surface area contributed by atoms with Crippen molar-refractivity contribution in [2.24, 2.45) is 5.73 Å². The van der Waals surface area contributed by atoms with Gasteiger partial charge in [0, 0.05) is 5.02 Å². The molecule has 0 unspecified atom stereocenters. The smallest absolute Gasteiger partial charge is 0.240 e. The summed E-state index contributed by atoms with van der Waals surface area (Å²) >= 11 is 12.0. The number of nitrogens with two attached hydrogens (primary N) is 1. The number of carbonyl (C=O) groups excluding carboxylic acids is 1. The Morgan fingerprint density at radius 1 is 1.42 bits per heavy atom. The number of nitrogens with one attached hydrogen (secondary N) is 1. The molecule has 0 saturated heterocycles. The monoisotopic (exact) mass is 371 g/mol. The molecule has 1 heterocycles. The highest BCUT2D eigenvalue weighted by Crippen LogP contribution is 2.25. The van der Waals surface area contributed by atoms with Gasteiger partial charge in [-0.2, -0.15) is 4.98 Å². The Kier molecular flexibility index (Phi) is 6.99. The highest BCUT2D eigenvalue weighted by Gasteiger charge is 2.15. The van der Waals surface area contributed by atoms with Crippen LogP contribution in [-0.2, 0) is 17.9 Å². The minimum Gasteiger partial charge on any atom is -0.338 e. The van der Waals surface area contributed by atoms with Crippen molar-refractivity contribution in [1.82, 2.24) is 15.0 Å². The van der Waals surface area contributed by atoms with Gasteiger partial charge < -0.3 is 15.6 Å². The first-order valence-electron chi connectivity index (χ1n) is 7.50. The number of hydrogen-bond donors (Lipinski definition) is 2. The van der Waals surface area contributed by atoms with Crippen molar-refractivity contribution in [2.45, 2.75) is 26.4 Å². The minimum absolute atomic E-state index is 0.170. The first-order valence-corrected chi connectivity index (χ1v) is 8.26. The summed E-state index contributed by atoms with van der Waals surface area (Å²) in [5, 5.41) is 7.54. The van der Waals surface area contributed by atoms with Crippen LogP contribution < -0.4 is 11.1 Å². The maximum absolute atomic E-state index is 12.3. The topological polar surface area (TPSA) is 97.3 Å². The molecule has 0 aliphatic heterocycles. The second-order valence-corrected chi connectivity index (χ2v) is 6.04. The van der Waals surface area contributed by atoms with Gasteiger partial charge in [0.15, 0.2) is 5.82 Å². The van der Waals surface area contributed by atoms with Gasteiger partial charge in [-0.25, -0.2) is 0 Å². The molecule has 1 amide bonds. The number of hydrogen-bond acceptors (Lipinski definition) is 6. The number of carbonyl (C=O) groups is 1. The molecule has 0 fully saturated rings. The molecule has 130 valence electrons. The van der Waals surface area contributed by atoms with Crippen molar-refractivity contribution in [1.29, 1.82) is 0 Å². The van der Waals surface area contributed by atoms with E-state index in [9.17, 15) is 4.79 Å². The lowest BCUT2D eigenvalue weighted by molar-refractivity contribution is -0.117. The van der Waals surface area contributed by atoms with Gasteiger partial charge in [-0.1, -0.05) is 35.3 Å². The van der Waals surface area contributed by atoms with E-state index in [1.165, 1.54) is 0 Å². The van der Waals surface area contributed by atoms with Crippen LogP contribution in [0.4, 0.5) is 5.69 Å². The molecular formula is C15H19Cl2N5O2. The predicted octanol–water partition coefficient (Wildman–Crippen LogP) is 2.69. The van der Waals surface area contributed by atoms with E-state index in [4.69, 9.17) is 33.5 Å².